The summed E-state index contributed by atoms with van der Waals surface area (Å²) in [5, 5.41) is 19.4. The topological polar surface area (TPSA) is 100 Å². The number of nitro groups is 1. The Morgan fingerprint density at radius 2 is 1.59 bits per heavy atom. The summed E-state index contributed by atoms with van der Waals surface area (Å²) in [5.41, 5.74) is 2.97. The lowest BCUT2D eigenvalue weighted by molar-refractivity contribution is -0.384. The van der Waals surface area contributed by atoms with Gasteiger partial charge in [0.05, 0.1) is 11.1 Å². The van der Waals surface area contributed by atoms with Crippen molar-refractivity contribution in [2.45, 2.75) is 13.2 Å². The van der Waals surface area contributed by atoms with Crippen molar-refractivity contribution in [1.29, 1.82) is 0 Å². The molecule has 0 fully saturated rings. The predicted molar refractivity (Wildman–Crippen MR) is 119 cm³/mol. The number of non-ortho nitro benzene ring substituents is 1. The highest BCUT2D eigenvalue weighted by atomic mass is 35.5. The van der Waals surface area contributed by atoms with E-state index in [-0.39, 0.29) is 24.6 Å². The third kappa shape index (κ3) is 5.16. The molecule has 0 spiro atoms. The van der Waals surface area contributed by atoms with Crippen LogP contribution in [0.25, 0.3) is 11.1 Å². The molecule has 4 aromatic rings. The number of ether oxygens (including phenoxy) is 1. The fraction of sp³-hybridized carbons (Fsp3) is 0.0870. The molecule has 0 amide bonds. The summed E-state index contributed by atoms with van der Waals surface area (Å²) in [6, 6.07) is 20.7. The Bertz CT molecular complexity index is 1240. The van der Waals surface area contributed by atoms with Gasteiger partial charge in [-0.2, -0.15) is 0 Å². The Morgan fingerprint density at radius 1 is 0.969 bits per heavy atom. The standard InChI is InChI=1S/C23H17ClN4O4/c24-19-7-1-16(2-8-19)17-5-11-22(12-6-17)32-15-20-13-27(26-25-20)14-23(29)18-3-9-21(10-4-18)28(30)31/h1-13H,14-15H2. The predicted octanol–water partition coefficient (Wildman–Crippen LogP) is 4.97. The van der Waals surface area contributed by atoms with Crippen molar-refractivity contribution < 1.29 is 14.5 Å². The Balaban J connectivity index is 1.32. The van der Waals surface area contributed by atoms with Crippen LogP contribution in [0.5, 0.6) is 5.75 Å². The number of hydrogen-bond acceptors (Lipinski definition) is 6. The van der Waals surface area contributed by atoms with Crippen LogP contribution >= 0.6 is 11.6 Å². The average molecular weight is 449 g/mol. The maximum Gasteiger partial charge on any atom is 0.269 e. The van der Waals surface area contributed by atoms with Gasteiger partial charge in [-0.3, -0.25) is 14.9 Å². The first-order chi connectivity index (χ1) is 15.5. The third-order valence-electron chi connectivity index (χ3n) is 4.71. The van der Waals surface area contributed by atoms with Crippen LogP contribution in [0.4, 0.5) is 5.69 Å². The van der Waals surface area contributed by atoms with E-state index < -0.39 is 4.92 Å². The van der Waals surface area contributed by atoms with Crippen molar-refractivity contribution in [1.82, 2.24) is 15.0 Å². The van der Waals surface area contributed by atoms with E-state index in [1.807, 2.05) is 48.5 Å². The minimum absolute atomic E-state index is 0.0272. The summed E-state index contributed by atoms with van der Waals surface area (Å²) in [5.74, 6) is 0.453. The number of aromatic nitrogens is 3. The van der Waals surface area contributed by atoms with Crippen molar-refractivity contribution in [3.8, 4) is 16.9 Å². The summed E-state index contributed by atoms with van der Waals surface area (Å²) >= 11 is 5.93. The van der Waals surface area contributed by atoms with Gasteiger partial charge in [0.25, 0.3) is 5.69 Å². The van der Waals surface area contributed by atoms with Crippen molar-refractivity contribution >= 4 is 23.1 Å². The zero-order valence-corrected chi connectivity index (χ0v) is 17.5. The van der Waals surface area contributed by atoms with E-state index in [0.717, 1.165) is 11.1 Å². The molecule has 0 radical (unpaired) electrons. The summed E-state index contributed by atoms with van der Waals surface area (Å²) in [7, 11) is 0. The van der Waals surface area contributed by atoms with Crippen LogP contribution in [-0.2, 0) is 13.2 Å². The van der Waals surface area contributed by atoms with Gasteiger partial charge in [0, 0.05) is 22.7 Å². The van der Waals surface area contributed by atoms with Crippen LogP contribution in [-0.4, -0.2) is 25.7 Å². The fourth-order valence-corrected chi connectivity index (χ4v) is 3.16. The summed E-state index contributed by atoms with van der Waals surface area (Å²) in [6.45, 7) is 0.173. The number of rotatable bonds is 8. The minimum atomic E-state index is -0.511. The molecule has 1 aromatic heterocycles. The van der Waals surface area contributed by atoms with E-state index in [9.17, 15) is 14.9 Å². The molecule has 0 saturated heterocycles. The van der Waals surface area contributed by atoms with Gasteiger partial charge in [-0.1, -0.05) is 41.1 Å². The molecule has 8 nitrogen and oxygen atoms in total. The first kappa shape index (κ1) is 21.2. The largest absolute Gasteiger partial charge is 0.487 e. The second-order valence-corrected chi connectivity index (χ2v) is 7.39. The molecule has 0 aliphatic heterocycles. The number of benzene rings is 3. The van der Waals surface area contributed by atoms with Crippen molar-refractivity contribution in [2.24, 2.45) is 0 Å². The normalized spacial score (nSPS) is 10.7. The number of Topliss-reactive ketones (excluding diaryl/α,β-unsaturated/α-hetero) is 1. The van der Waals surface area contributed by atoms with Gasteiger partial charge in [0.2, 0.25) is 0 Å². The van der Waals surface area contributed by atoms with E-state index >= 15 is 0 Å². The van der Waals surface area contributed by atoms with Gasteiger partial charge >= 0.3 is 0 Å². The molecule has 0 saturated carbocycles. The highest BCUT2D eigenvalue weighted by molar-refractivity contribution is 6.30. The average Bonchev–Trinajstić information content (AvgIpc) is 3.26. The van der Waals surface area contributed by atoms with Crippen molar-refractivity contribution in [2.75, 3.05) is 0 Å². The Morgan fingerprint density at radius 3 is 2.22 bits per heavy atom. The van der Waals surface area contributed by atoms with Crippen LogP contribution in [0.1, 0.15) is 16.1 Å². The molecular weight excluding hydrogens is 432 g/mol. The van der Waals surface area contributed by atoms with E-state index in [2.05, 4.69) is 10.3 Å². The number of nitrogens with zero attached hydrogens (tertiary/aromatic N) is 4. The highest BCUT2D eigenvalue weighted by Crippen LogP contribution is 2.24. The van der Waals surface area contributed by atoms with Crippen LogP contribution in [0.3, 0.4) is 0 Å². The Hall–Kier alpha value is -4.04. The van der Waals surface area contributed by atoms with E-state index in [4.69, 9.17) is 16.3 Å². The fourth-order valence-electron chi connectivity index (χ4n) is 3.03. The monoisotopic (exact) mass is 448 g/mol. The molecule has 0 unspecified atom stereocenters. The molecule has 32 heavy (non-hydrogen) atoms. The lowest BCUT2D eigenvalue weighted by Crippen LogP contribution is -2.11. The number of carbonyl (C=O) groups is 1. The van der Waals surface area contributed by atoms with Gasteiger partial charge in [-0.15, -0.1) is 5.10 Å². The number of carbonyl (C=O) groups excluding carboxylic acids is 1. The van der Waals surface area contributed by atoms with Crippen LogP contribution < -0.4 is 4.74 Å². The van der Waals surface area contributed by atoms with Crippen LogP contribution in [0.15, 0.2) is 79.0 Å². The molecule has 9 heteroatoms. The SMILES string of the molecule is O=C(Cn1cc(COc2ccc(-c3ccc(Cl)cc3)cc2)nn1)c1ccc([N+](=O)[O-])cc1. The number of nitro benzene ring substituents is 1. The summed E-state index contributed by atoms with van der Waals surface area (Å²) < 4.78 is 7.16. The maximum atomic E-state index is 12.4. The molecule has 0 N–H and O–H groups in total. The first-order valence-corrected chi connectivity index (χ1v) is 10.0. The Labute approximate surface area is 188 Å². The molecule has 4 rings (SSSR count). The summed E-state index contributed by atoms with van der Waals surface area (Å²) in [4.78, 5) is 22.6. The molecule has 3 aromatic carbocycles. The molecular formula is C23H17ClN4O4. The molecule has 160 valence electrons. The van der Waals surface area contributed by atoms with E-state index in [1.54, 1.807) is 6.20 Å². The van der Waals surface area contributed by atoms with Gasteiger partial charge in [-0.05, 0) is 47.5 Å². The number of hydrogen-bond donors (Lipinski definition) is 0. The quantitative estimate of drug-likeness (QED) is 0.214. The second-order valence-electron chi connectivity index (χ2n) is 6.95. The van der Waals surface area contributed by atoms with Gasteiger partial charge in [0.1, 0.15) is 24.6 Å². The minimum Gasteiger partial charge on any atom is -0.487 e. The smallest absolute Gasteiger partial charge is 0.269 e. The van der Waals surface area contributed by atoms with Gasteiger partial charge in [0.15, 0.2) is 5.78 Å². The number of halogens is 1. The van der Waals surface area contributed by atoms with Gasteiger partial charge in [-0.25, -0.2) is 4.68 Å². The van der Waals surface area contributed by atoms with E-state index in [0.29, 0.717) is 22.0 Å². The maximum absolute atomic E-state index is 12.4. The lowest BCUT2D eigenvalue weighted by atomic mass is 10.1. The van der Waals surface area contributed by atoms with Gasteiger partial charge < -0.3 is 4.74 Å². The third-order valence-corrected chi connectivity index (χ3v) is 4.96. The summed E-state index contributed by atoms with van der Waals surface area (Å²) in [6.07, 6.45) is 1.63. The Kier molecular flexibility index (Phi) is 6.23. The zero-order valence-electron chi connectivity index (χ0n) is 16.7. The molecule has 0 atom stereocenters. The van der Waals surface area contributed by atoms with Crippen molar-refractivity contribution in [3.05, 3.63) is 105 Å². The molecule has 0 bridgehead atoms. The zero-order chi connectivity index (χ0) is 22.5. The van der Waals surface area contributed by atoms with Crippen LogP contribution in [0, 0.1) is 10.1 Å². The molecule has 0 aliphatic rings. The lowest BCUT2D eigenvalue weighted by Gasteiger charge is -2.06. The van der Waals surface area contributed by atoms with Crippen molar-refractivity contribution in [3.63, 3.8) is 0 Å². The van der Waals surface area contributed by atoms with E-state index in [1.165, 1.54) is 28.9 Å². The van der Waals surface area contributed by atoms with Crippen LogP contribution in [0.2, 0.25) is 5.02 Å². The number of ketones is 1. The first-order valence-electron chi connectivity index (χ1n) is 9.63. The molecule has 0 aliphatic carbocycles. The second kappa shape index (κ2) is 9.40. The highest BCUT2D eigenvalue weighted by Gasteiger charge is 2.12. The molecule has 1 heterocycles.